The predicted octanol–water partition coefficient (Wildman–Crippen LogP) is 1.81. The van der Waals surface area contributed by atoms with Crippen molar-refractivity contribution in [3.8, 4) is 0 Å². The number of anilines is 1. The van der Waals surface area contributed by atoms with Crippen LogP contribution in [0.5, 0.6) is 0 Å². The summed E-state index contributed by atoms with van der Waals surface area (Å²) in [6.45, 7) is 4.44. The number of aliphatic hydroxyl groups excluding tert-OH is 1. The fourth-order valence-electron chi connectivity index (χ4n) is 1.67. The van der Waals surface area contributed by atoms with Crippen LogP contribution >= 0.6 is 0 Å². The van der Waals surface area contributed by atoms with Crippen molar-refractivity contribution < 1.29 is 19.4 Å². The number of aromatic nitrogens is 1. The van der Waals surface area contributed by atoms with Crippen LogP contribution in [-0.2, 0) is 15.2 Å². The molecule has 1 aliphatic rings. The molecule has 1 fully saturated rings. The molecule has 1 unspecified atom stereocenters. The summed E-state index contributed by atoms with van der Waals surface area (Å²) >= 11 is 0. The lowest BCUT2D eigenvalue weighted by Gasteiger charge is -2.17. The molecule has 1 aromatic heterocycles. The Labute approximate surface area is 106 Å². The highest BCUT2D eigenvalue weighted by Gasteiger charge is 2.25. The number of rotatable bonds is 4. The molecule has 6 heteroatoms. The second kappa shape index (κ2) is 5.69. The molecule has 1 atom stereocenters. The molecule has 1 saturated heterocycles. The maximum atomic E-state index is 9.27. The van der Waals surface area contributed by atoms with E-state index in [4.69, 9.17) is 14.3 Å². The standard InChI is InChI=1S/C12H20N2O4/c1-12(2,8-15)9-7-11(17-14-9)13-10-5-3-4-6-16-18-10/h7,10,13,15H,3-6,8H2,1-2H3. The molecule has 0 aromatic carbocycles. The molecular weight excluding hydrogens is 236 g/mol. The summed E-state index contributed by atoms with van der Waals surface area (Å²) in [5.41, 5.74) is 0.298. The molecule has 0 saturated carbocycles. The number of hydrogen-bond acceptors (Lipinski definition) is 6. The number of aliphatic hydroxyl groups is 1. The van der Waals surface area contributed by atoms with Crippen molar-refractivity contribution in [3.05, 3.63) is 11.8 Å². The van der Waals surface area contributed by atoms with Gasteiger partial charge in [0.05, 0.1) is 18.9 Å². The summed E-state index contributed by atoms with van der Waals surface area (Å²) < 4.78 is 5.19. The van der Waals surface area contributed by atoms with Crippen molar-refractivity contribution in [2.75, 3.05) is 18.5 Å². The number of nitrogens with zero attached hydrogens (tertiary/aromatic N) is 1. The Morgan fingerprint density at radius 2 is 2.33 bits per heavy atom. The van der Waals surface area contributed by atoms with Crippen LogP contribution in [0.4, 0.5) is 5.88 Å². The molecule has 2 N–H and O–H groups in total. The third-order valence-electron chi connectivity index (χ3n) is 3.03. The van der Waals surface area contributed by atoms with E-state index in [2.05, 4.69) is 10.5 Å². The second-order valence-corrected chi connectivity index (χ2v) is 5.17. The van der Waals surface area contributed by atoms with Gasteiger partial charge in [-0.2, -0.15) is 0 Å². The molecule has 0 radical (unpaired) electrons. The minimum atomic E-state index is -0.412. The lowest BCUT2D eigenvalue weighted by atomic mass is 9.91. The van der Waals surface area contributed by atoms with Crippen LogP contribution in [0.3, 0.4) is 0 Å². The second-order valence-electron chi connectivity index (χ2n) is 5.17. The summed E-state index contributed by atoms with van der Waals surface area (Å²) in [4.78, 5) is 10.2. The lowest BCUT2D eigenvalue weighted by Crippen LogP contribution is -2.23. The Morgan fingerprint density at radius 3 is 3.11 bits per heavy atom. The van der Waals surface area contributed by atoms with Gasteiger partial charge in [0.15, 0.2) is 6.23 Å². The van der Waals surface area contributed by atoms with Crippen molar-refractivity contribution in [2.45, 2.75) is 44.8 Å². The van der Waals surface area contributed by atoms with E-state index >= 15 is 0 Å². The average Bonchev–Trinajstić information content (AvgIpc) is 2.67. The van der Waals surface area contributed by atoms with Crippen LogP contribution in [0.15, 0.2) is 10.6 Å². The van der Waals surface area contributed by atoms with E-state index in [0.29, 0.717) is 18.2 Å². The van der Waals surface area contributed by atoms with E-state index in [1.165, 1.54) is 0 Å². The zero-order valence-electron chi connectivity index (χ0n) is 10.8. The van der Waals surface area contributed by atoms with Crippen molar-refractivity contribution >= 4 is 5.88 Å². The van der Waals surface area contributed by atoms with Gasteiger partial charge in [0.25, 0.3) is 0 Å². The molecule has 0 bridgehead atoms. The van der Waals surface area contributed by atoms with Gasteiger partial charge in [-0.25, -0.2) is 9.78 Å². The molecule has 0 amide bonds. The van der Waals surface area contributed by atoms with E-state index < -0.39 is 5.41 Å². The number of hydrogen-bond donors (Lipinski definition) is 2. The van der Waals surface area contributed by atoms with Crippen LogP contribution in [0, 0.1) is 0 Å². The summed E-state index contributed by atoms with van der Waals surface area (Å²) in [6, 6.07) is 1.78. The molecule has 2 heterocycles. The van der Waals surface area contributed by atoms with Crippen LogP contribution in [-0.4, -0.2) is 29.7 Å². The first-order valence-electron chi connectivity index (χ1n) is 6.25. The molecule has 1 aromatic rings. The zero-order chi connectivity index (χ0) is 13.0. The van der Waals surface area contributed by atoms with E-state index in [-0.39, 0.29) is 12.8 Å². The Bertz CT molecular complexity index is 370. The lowest BCUT2D eigenvalue weighted by molar-refractivity contribution is -0.311. The largest absolute Gasteiger partial charge is 0.395 e. The van der Waals surface area contributed by atoms with Gasteiger partial charge in [-0.05, 0) is 19.3 Å². The Hall–Kier alpha value is -1.11. The molecule has 102 valence electrons. The fraction of sp³-hybridized carbons (Fsp3) is 0.750. The maximum Gasteiger partial charge on any atom is 0.226 e. The molecular formula is C12H20N2O4. The smallest absolute Gasteiger partial charge is 0.226 e. The van der Waals surface area contributed by atoms with Gasteiger partial charge in [-0.1, -0.05) is 19.0 Å². The van der Waals surface area contributed by atoms with E-state index in [1.54, 1.807) is 6.07 Å². The maximum absolute atomic E-state index is 9.27. The first-order chi connectivity index (χ1) is 8.62. The highest BCUT2D eigenvalue weighted by Crippen LogP contribution is 2.25. The van der Waals surface area contributed by atoms with Crippen LogP contribution in [0.1, 0.15) is 38.8 Å². The fourth-order valence-corrected chi connectivity index (χ4v) is 1.67. The van der Waals surface area contributed by atoms with Crippen LogP contribution in [0.25, 0.3) is 0 Å². The van der Waals surface area contributed by atoms with Crippen molar-refractivity contribution in [3.63, 3.8) is 0 Å². The SMILES string of the molecule is CC(C)(CO)c1cc(NC2CCCCOO2)on1. The monoisotopic (exact) mass is 256 g/mol. The van der Waals surface area contributed by atoms with Gasteiger partial charge >= 0.3 is 0 Å². The van der Waals surface area contributed by atoms with Crippen molar-refractivity contribution in [1.29, 1.82) is 0 Å². The van der Waals surface area contributed by atoms with E-state index in [9.17, 15) is 5.11 Å². The van der Waals surface area contributed by atoms with Gasteiger partial charge < -0.3 is 14.9 Å². The molecule has 6 nitrogen and oxygen atoms in total. The summed E-state index contributed by atoms with van der Waals surface area (Å²) in [5.74, 6) is 0.530. The normalized spacial score (nSPS) is 21.6. The minimum absolute atomic E-state index is 0.0159. The van der Waals surface area contributed by atoms with Gasteiger partial charge in [0.2, 0.25) is 5.88 Å². The predicted molar refractivity (Wildman–Crippen MR) is 64.9 cm³/mol. The zero-order valence-corrected chi connectivity index (χ0v) is 10.8. The summed E-state index contributed by atoms with van der Waals surface area (Å²) in [6.07, 6.45) is 2.68. The molecule has 18 heavy (non-hydrogen) atoms. The molecule has 1 aliphatic heterocycles. The first-order valence-corrected chi connectivity index (χ1v) is 6.25. The first kappa shape index (κ1) is 13.3. The highest BCUT2D eigenvalue weighted by molar-refractivity contribution is 5.34. The van der Waals surface area contributed by atoms with Gasteiger partial charge in [0.1, 0.15) is 0 Å². The molecule has 2 rings (SSSR count). The third-order valence-corrected chi connectivity index (χ3v) is 3.03. The van der Waals surface area contributed by atoms with Crippen molar-refractivity contribution in [2.24, 2.45) is 0 Å². The molecule has 0 spiro atoms. The van der Waals surface area contributed by atoms with Gasteiger partial charge in [0, 0.05) is 11.5 Å². The van der Waals surface area contributed by atoms with Crippen LogP contribution in [0.2, 0.25) is 0 Å². The summed E-state index contributed by atoms with van der Waals surface area (Å²) in [5, 5.41) is 16.3. The molecule has 0 aliphatic carbocycles. The Morgan fingerprint density at radius 1 is 1.50 bits per heavy atom. The van der Waals surface area contributed by atoms with E-state index in [1.807, 2.05) is 13.8 Å². The minimum Gasteiger partial charge on any atom is -0.395 e. The topological polar surface area (TPSA) is 76.8 Å². The van der Waals surface area contributed by atoms with Gasteiger partial charge in [-0.15, -0.1) is 0 Å². The van der Waals surface area contributed by atoms with Gasteiger partial charge in [-0.3, -0.25) is 0 Å². The average molecular weight is 256 g/mol. The highest BCUT2D eigenvalue weighted by atomic mass is 17.2. The van der Waals surface area contributed by atoms with E-state index in [0.717, 1.165) is 19.3 Å². The van der Waals surface area contributed by atoms with Crippen molar-refractivity contribution in [1.82, 2.24) is 5.16 Å². The number of nitrogens with one attached hydrogen (secondary N) is 1. The quantitative estimate of drug-likeness (QED) is 0.800. The Kier molecular flexibility index (Phi) is 4.21. The van der Waals surface area contributed by atoms with Crippen LogP contribution < -0.4 is 5.32 Å². The Balaban J connectivity index is 1.97. The summed E-state index contributed by atoms with van der Waals surface area (Å²) in [7, 11) is 0. The third kappa shape index (κ3) is 3.22.